The van der Waals surface area contributed by atoms with Crippen LogP contribution in [-0.2, 0) is 23.1 Å². The molecule has 0 saturated carbocycles. The second-order valence-electron chi connectivity index (χ2n) is 7.60. The van der Waals surface area contributed by atoms with Gasteiger partial charge in [0, 0.05) is 59.0 Å². The number of carbonyl (C=O) groups is 2. The van der Waals surface area contributed by atoms with E-state index in [1.54, 1.807) is 6.07 Å². The molecule has 0 fully saturated rings. The number of para-hydroxylation sites is 1. The number of rotatable bonds is 9. The highest BCUT2D eigenvalue weighted by atomic mass is 35.5. The molecule has 0 bridgehead atoms. The highest BCUT2D eigenvalue weighted by Crippen LogP contribution is 2.32. The Bertz CT molecular complexity index is 1230. The second kappa shape index (κ2) is 15.1. The fourth-order valence-electron chi connectivity index (χ4n) is 3.79. The minimum absolute atomic E-state index is 0.119. The number of benzene rings is 2. The fraction of sp³-hybridized carbons (Fsp3) is 0.269. The first-order chi connectivity index (χ1) is 17.3. The van der Waals surface area contributed by atoms with Gasteiger partial charge in [-0.15, -0.1) is 0 Å². The van der Waals surface area contributed by atoms with Crippen molar-refractivity contribution in [3.8, 4) is 0 Å². The first kappa shape index (κ1) is 30.1. The molecule has 36 heavy (non-hydrogen) atoms. The standard InChI is InChI=1S/C24H26ClN5O2.C2H6.H2N2/c1-15(11-16-5-3-4-6-20(16)28-10-9-22(26)27)23(24(32)29-14-31)19-13-30(2)21-8-7-17(25)12-18(19)21;2*1-2/h3-8,12-14,28H,9-11H2,1-2H3,(H3,26,27)(H,29,31,32);1-2H3;1-2H/b23-15+;;. The molecule has 1 heterocycles. The van der Waals surface area contributed by atoms with E-state index in [-0.39, 0.29) is 5.84 Å². The lowest BCUT2D eigenvalue weighted by atomic mass is 9.94. The van der Waals surface area contributed by atoms with Gasteiger partial charge in [-0.1, -0.05) is 49.2 Å². The van der Waals surface area contributed by atoms with E-state index in [1.807, 2.05) is 75.0 Å². The maximum atomic E-state index is 12.9. The van der Waals surface area contributed by atoms with Crippen LogP contribution in [-0.4, -0.2) is 29.3 Å². The average molecular weight is 512 g/mol. The minimum atomic E-state index is -0.466. The van der Waals surface area contributed by atoms with Gasteiger partial charge in [0.05, 0.1) is 5.84 Å². The van der Waals surface area contributed by atoms with E-state index in [9.17, 15) is 9.59 Å². The number of hydrogen-bond acceptors (Lipinski definition) is 6. The van der Waals surface area contributed by atoms with Crippen molar-refractivity contribution in [3.05, 3.63) is 70.4 Å². The molecule has 7 N–H and O–H groups in total. The van der Waals surface area contributed by atoms with Crippen LogP contribution in [0.15, 0.2) is 54.2 Å². The number of nitrogens with one attached hydrogen (secondary N) is 5. The van der Waals surface area contributed by atoms with Crippen LogP contribution in [0.1, 0.15) is 38.3 Å². The fourth-order valence-corrected chi connectivity index (χ4v) is 3.96. The molecule has 0 saturated heterocycles. The number of aromatic nitrogens is 1. The summed E-state index contributed by atoms with van der Waals surface area (Å²) < 4.78 is 1.93. The van der Waals surface area contributed by atoms with Gasteiger partial charge < -0.3 is 15.6 Å². The Morgan fingerprint density at radius 3 is 2.47 bits per heavy atom. The zero-order valence-electron chi connectivity index (χ0n) is 21.0. The Labute approximate surface area is 216 Å². The van der Waals surface area contributed by atoms with E-state index in [2.05, 4.69) is 10.6 Å². The third-order valence-electron chi connectivity index (χ3n) is 5.25. The molecule has 192 valence electrons. The molecule has 10 heteroatoms. The lowest BCUT2D eigenvalue weighted by Crippen LogP contribution is -2.23. The van der Waals surface area contributed by atoms with Crippen LogP contribution in [0.3, 0.4) is 0 Å². The summed E-state index contributed by atoms with van der Waals surface area (Å²) in [5.41, 5.74) is 20.2. The number of halogens is 1. The third kappa shape index (κ3) is 7.78. The number of amidine groups is 1. The van der Waals surface area contributed by atoms with E-state index in [0.29, 0.717) is 42.0 Å². The number of imide groups is 1. The zero-order chi connectivity index (χ0) is 27.3. The van der Waals surface area contributed by atoms with Crippen molar-refractivity contribution in [1.29, 1.82) is 16.5 Å². The first-order valence-corrected chi connectivity index (χ1v) is 11.8. The summed E-state index contributed by atoms with van der Waals surface area (Å²) in [4.78, 5) is 24.0. The molecule has 2 amide bonds. The maximum absolute atomic E-state index is 12.9. The smallest absolute Gasteiger partial charge is 0.258 e. The van der Waals surface area contributed by atoms with E-state index in [1.165, 1.54) is 0 Å². The Morgan fingerprint density at radius 2 is 1.83 bits per heavy atom. The Morgan fingerprint density at radius 1 is 1.17 bits per heavy atom. The van der Waals surface area contributed by atoms with Gasteiger partial charge in [-0.05, 0) is 43.2 Å². The van der Waals surface area contributed by atoms with Gasteiger partial charge in [-0.3, -0.25) is 20.3 Å². The number of hydrogen-bond donors (Lipinski definition) is 6. The quantitative estimate of drug-likeness (QED) is 0.0737. The molecular formula is C26H34ClN7O2. The number of carbonyl (C=O) groups excluding carboxylic acids is 2. The zero-order valence-corrected chi connectivity index (χ0v) is 21.8. The van der Waals surface area contributed by atoms with Crippen molar-refractivity contribution in [2.24, 2.45) is 12.8 Å². The van der Waals surface area contributed by atoms with E-state index in [0.717, 1.165) is 27.7 Å². The predicted molar refractivity (Wildman–Crippen MR) is 147 cm³/mol. The number of allylic oxidation sites excluding steroid dienone is 1. The van der Waals surface area contributed by atoms with Crippen molar-refractivity contribution in [3.63, 3.8) is 0 Å². The second-order valence-corrected chi connectivity index (χ2v) is 8.03. The van der Waals surface area contributed by atoms with Gasteiger partial charge >= 0.3 is 0 Å². The lowest BCUT2D eigenvalue weighted by Gasteiger charge is -2.15. The summed E-state index contributed by atoms with van der Waals surface area (Å²) in [6, 6.07) is 13.3. The van der Waals surface area contributed by atoms with Gasteiger partial charge in [0.15, 0.2) is 0 Å². The molecule has 0 aliphatic heterocycles. The van der Waals surface area contributed by atoms with Crippen molar-refractivity contribution in [2.45, 2.75) is 33.6 Å². The van der Waals surface area contributed by atoms with Gasteiger partial charge in [0.25, 0.3) is 5.91 Å². The van der Waals surface area contributed by atoms with Gasteiger partial charge in [0.1, 0.15) is 0 Å². The number of fused-ring (bicyclic) bond motifs is 1. The topological polar surface area (TPSA) is 161 Å². The first-order valence-electron chi connectivity index (χ1n) is 11.4. The highest BCUT2D eigenvalue weighted by Gasteiger charge is 2.20. The Kier molecular flexibility index (Phi) is 12.6. The Balaban J connectivity index is 0.00000154. The molecule has 3 rings (SSSR count). The van der Waals surface area contributed by atoms with Crippen LogP contribution >= 0.6 is 11.6 Å². The number of anilines is 1. The SMILES string of the molecule is C/C(Cc1ccccc1NCCC(=N)N)=C(\C(=O)NC=O)c1cn(C)c2ccc(Cl)cc12.CC.N=N. The lowest BCUT2D eigenvalue weighted by molar-refractivity contribution is -0.121. The summed E-state index contributed by atoms with van der Waals surface area (Å²) >= 11 is 6.23. The molecule has 0 radical (unpaired) electrons. The summed E-state index contributed by atoms with van der Waals surface area (Å²) in [5.74, 6) is -0.347. The number of nitrogens with two attached hydrogens (primary N) is 1. The van der Waals surface area contributed by atoms with Crippen molar-refractivity contribution >= 4 is 51.9 Å². The van der Waals surface area contributed by atoms with Gasteiger partial charge in [-0.25, -0.2) is 11.1 Å². The normalized spacial score (nSPS) is 10.7. The van der Waals surface area contributed by atoms with E-state index >= 15 is 0 Å². The molecule has 9 nitrogen and oxygen atoms in total. The molecule has 0 spiro atoms. The molecule has 0 aliphatic carbocycles. The van der Waals surface area contributed by atoms with E-state index in [4.69, 9.17) is 33.8 Å². The number of amides is 2. The van der Waals surface area contributed by atoms with Crippen LogP contribution in [0, 0.1) is 16.5 Å². The largest absolute Gasteiger partial charge is 0.388 e. The molecular weight excluding hydrogens is 478 g/mol. The predicted octanol–water partition coefficient (Wildman–Crippen LogP) is 5.48. The molecule has 3 aromatic rings. The summed E-state index contributed by atoms with van der Waals surface area (Å²) in [5, 5.41) is 14.4. The molecule has 1 aromatic heterocycles. The minimum Gasteiger partial charge on any atom is -0.388 e. The van der Waals surface area contributed by atoms with E-state index < -0.39 is 5.91 Å². The van der Waals surface area contributed by atoms with Crippen LogP contribution in [0.4, 0.5) is 5.69 Å². The summed E-state index contributed by atoms with van der Waals surface area (Å²) in [7, 11) is 1.90. The van der Waals surface area contributed by atoms with Crippen LogP contribution in [0.5, 0.6) is 0 Å². The molecule has 0 aliphatic rings. The average Bonchev–Trinajstić information content (AvgIpc) is 3.17. The van der Waals surface area contributed by atoms with Crippen LogP contribution in [0.25, 0.3) is 16.5 Å². The third-order valence-corrected chi connectivity index (χ3v) is 5.48. The van der Waals surface area contributed by atoms with Crippen molar-refractivity contribution in [2.75, 3.05) is 11.9 Å². The molecule has 2 aromatic carbocycles. The number of nitrogens with zero attached hydrogens (tertiary/aromatic N) is 1. The summed E-state index contributed by atoms with van der Waals surface area (Å²) in [6.07, 6.45) is 3.20. The van der Waals surface area contributed by atoms with Gasteiger partial charge in [0.2, 0.25) is 6.41 Å². The maximum Gasteiger partial charge on any atom is 0.258 e. The van der Waals surface area contributed by atoms with Crippen molar-refractivity contribution < 1.29 is 9.59 Å². The van der Waals surface area contributed by atoms with Crippen molar-refractivity contribution in [1.82, 2.24) is 9.88 Å². The van der Waals surface area contributed by atoms with Crippen LogP contribution < -0.4 is 16.4 Å². The summed E-state index contributed by atoms with van der Waals surface area (Å²) in [6.45, 7) is 6.42. The highest BCUT2D eigenvalue weighted by molar-refractivity contribution is 6.32. The van der Waals surface area contributed by atoms with Crippen LogP contribution in [0.2, 0.25) is 5.02 Å². The van der Waals surface area contributed by atoms with Gasteiger partial charge in [-0.2, -0.15) is 0 Å². The molecule has 0 atom stereocenters. The monoisotopic (exact) mass is 511 g/mol. The molecule has 0 unspecified atom stereocenters. The number of aryl methyl sites for hydroxylation is 1. The Hall–Kier alpha value is -3.98.